The van der Waals surface area contributed by atoms with E-state index in [-0.39, 0.29) is 11.0 Å². The maximum Gasteiger partial charge on any atom is 0.129 e. The van der Waals surface area contributed by atoms with E-state index < -0.39 is 11.6 Å². The summed E-state index contributed by atoms with van der Waals surface area (Å²) < 4.78 is 27.6. The highest BCUT2D eigenvalue weighted by molar-refractivity contribution is 5.21. The highest BCUT2D eigenvalue weighted by Crippen LogP contribution is 2.41. The largest absolute Gasteiger partial charge is 0.314 e. The molecule has 1 N–H and O–H groups in total. The third-order valence-corrected chi connectivity index (χ3v) is 4.16. The van der Waals surface area contributed by atoms with Crippen LogP contribution in [0.25, 0.3) is 0 Å². The molecular formula is C16H23F2N. The molecular weight excluding hydrogens is 244 g/mol. The molecule has 0 atom stereocenters. The zero-order valence-corrected chi connectivity index (χ0v) is 11.8. The number of nitrogens with one attached hydrogen (secondary N) is 1. The van der Waals surface area contributed by atoms with Gasteiger partial charge in [-0.05, 0) is 36.8 Å². The van der Waals surface area contributed by atoms with E-state index in [4.69, 9.17) is 0 Å². The Hall–Kier alpha value is -0.960. The molecule has 3 heteroatoms. The van der Waals surface area contributed by atoms with Crippen molar-refractivity contribution in [2.45, 2.75) is 52.0 Å². The molecule has 1 nitrogen and oxygen atoms in total. The van der Waals surface area contributed by atoms with E-state index in [9.17, 15) is 8.78 Å². The quantitative estimate of drug-likeness (QED) is 0.848. The Morgan fingerprint density at radius 2 is 1.74 bits per heavy atom. The van der Waals surface area contributed by atoms with E-state index in [1.165, 1.54) is 18.2 Å². The molecule has 0 spiro atoms. The van der Waals surface area contributed by atoms with E-state index in [1.54, 1.807) is 0 Å². The van der Waals surface area contributed by atoms with Crippen LogP contribution in [0.2, 0.25) is 0 Å². The van der Waals surface area contributed by atoms with Crippen molar-refractivity contribution in [1.82, 2.24) is 5.32 Å². The van der Waals surface area contributed by atoms with Gasteiger partial charge in [0.15, 0.2) is 0 Å². The highest BCUT2D eigenvalue weighted by Gasteiger charge is 2.35. The lowest BCUT2D eigenvalue weighted by Crippen LogP contribution is -2.37. The molecule has 106 valence electrons. The lowest BCUT2D eigenvalue weighted by molar-refractivity contribution is 0.262. The molecule has 0 bridgehead atoms. The molecule has 0 aliphatic heterocycles. The summed E-state index contributed by atoms with van der Waals surface area (Å²) in [7, 11) is 0. The molecule has 2 rings (SSSR count). The van der Waals surface area contributed by atoms with Gasteiger partial charge in [0, 0.05) is 18.2 Å². The molecule has 1 aromatic carbocycles. The summed E-state index contributed by atoms with van der Waals surface area (Å²) >= 11 is 0. The maximum atomic E-state index is 13.8. The summed E-state index contributed by atoms with van der Waals surface area (Å²) in [5.74, 6) is -0.813. The Labute approximate surface area is 114 Å². The van der Waals surface area contributed by atoms with Gasteiger partial charge < -0.3 is 5.32 Å². The van der Waals surface area contributed by atoms with E-state index in [0.29, 0.717) is 12.5 Å². The zero-order chi connectivity index (χ0) is 13.9. The van der Waals surface area contributed by atoms with Gasteiger partial charge in [0.25, 0.3) is 0 Å². The maximum absolute atomic E-state index is 13.8. The van der Waals surface area contributed by atoms with Gasteiger partial charge in [-0.1, -0.05) is 32.8 Å². The second kappa shape index (κ2) is 6.00. The first kappa shape index (κ1) is 14.4. The van der Waals surface area contributed by atoms with Gasteiger partial charge >= 0.3 is 0 Å². The van der Waals surface area contributed by atoms with Crippen LogP contribution in [0.5, 0.6) is 0 Å². The normalized spacial score (nSPS) is 18.2. The van der Waals surface area contributed by atoms with E-state index in [2.05, 4.69) is 19.2 Å². The molecule has 1 saturated carbocycles. The fourth-order valence-electron chi connectivity index (χ4n) is 3.04. The van der Waals surface area contributed by atoms with Gasteiger partial charge in [-0.2, -0.15) is 0 Å². The lowest BCUT2D eigenvalue weighted by Gasteiger charge is -2.31. The monoisotopic (exact) mass is 267 g/mol. The van der Waals surface area contributed by atoms with Crippen LogP contribution in [0.1, 0.15) is 45.1 Å². The number of hydrogen-bond acceptors (Lipinski definition) is 1. The molecule has 1 aliphatic rings. The van der Waals surface area contributed by atoms with Crippen LogP contribution in [-0.2, 0) is 6.42 Å². The molecule has 1 aromatic rings. The first-order valence-corrected chi connectivity index (χ1v) is 7.19. The summed E-state index contributed by atoms with van der Waals surface area (Å²) in [5.41, 5.74) is 0.280. The van der Waals surface area contributed by atoms with Crippen LogP contribution in [0.3, 0.4) is 0 Å². The molecule has 1 fully saturated rings. The van der Waals surface area contributed by atoms with Crippen LogP contribution in [0.15, 0.2) is 18.2 Å². The van der Waals surface area contributed by atoms with Crippen LogP contribution < -0.4 is 5.32 Å². The number of rotatable bonds is 5. The highest BCUT2D eigenvalue weighted by atomic mass is 19.1. The molecule has 0 amide bonds. The molecule has 19 heavy (non-hydrogen) atoms. The summed E-state index contributed by atoms with van der Waals surface area (Å²) in [6, 6.07) is 4.55. The molecule has 0 aromatic heterocycles. The van der Waals surface area contributed by atoms with Crippen molar-refractivity contribution in [2.24, 2.45) is 5.41 Å². The molecule has 0 saturated heterocycles. The number of benzene rings is 1. The average molecular weight is 267 g/mol. The standard InChI is InChI=1S/C16H23F2N/c1-12(2)19-11-16(8-3-4-9-16)10-13-14(17)6-5-7-15(13)18/h5-7,12,19H,3-4,8-11H2,1-2H3. The molecule has 1 aliphatic carbocycles. The Morgan fingerprint density at radius 3 is 2.26 bits per heavy atom. The first-order valence-electron chi connectivity index (χ1n) is 7.19. The van der Waals surface area contributed by atoms with Crippen LogP contribution >= 0.6 is 0 Å². The van der Waals surface area contributed by atoms with E-state index >= 15 is 0 Å². The van der Waals surface area contributed by atoms with Crippen molar-refractivity contribution in [3.8, 4) is 0 Å². The van der Waals surface area contributed by atoms with Crippen molar-refractivity contribution < 1.29 is 8.78 Å². The summed E-state index contributed by atoms with van der Waals surface area (Å²) in [4.78, 5) is 0. The van der Waals surface area contributed by atoms with Gasteiger partial charge in [0.05, 0.1) is 0 Å². The fourth-order valence-corrected chi connectivity index (χ4v) is 3.04. The van der Waals surface area contributed by atoms with Gasteiger partial charge in [-0.15, -0.1) is 0 Å². The minimum atomic E-state index is -0.407. The zero-order valence-electron chi connectivity index (χ0n) is 11.8. The minimum Gasteiger partial charge on any atom is -0.314 e. The minimum absolute atomic E-state index is 0.0211. The SMILES string of the molecule is CC(C)NCC1(Cc2c(F)cccc2F)CCCC1. The third kappa shape index (κ3) is 3.53. The fraction of sp³-hybridized carbons (Fsp3) is 0.625. The number of hydrogen-bond donors (Lipinski definition) is 1. The summed E-state index contributed by atoms with van der Waals surface area (Å²) in [6.07, 6.45) is 4.94. The van der Waals surface area contributed by atoms with Crippen LogP contribution in [0.4, 0.5) is 8.78 Å². The Kier molecular flexibility index (Phi) is 4.56. The molecule has 0 radical (unpaired) electrons. The Bertz CT molecular complexity index is 403. The molecule has 0 unspecified atom stereocenters. The molecule has 0 heterocycles. The summed E-state index contributed by atoms with van der Waals surface area (Å²) in [5, 5.41) is 3.44. The predicted molar refractivity (Wildman–Crippen MR) is 74.1 cm³/mol. The van der Waals surface area contributed by atoms with Crippen LogP contribution in [-0.4, -0.2) is 12.6 Å². The van der Waals surface area contributed by atoms with E-state index in [0.717, 1.165) is 32.2 Å². The van der Waals surface area contributed by atoms with Crippen molar-refractivity contribution >= 4 is 0 Å². The predicted octanol–water partition coefficient (Wildman–Crippen LogP) is 4.07. The second-order valence-corrected chi connectivity index (χ2v) is 6.12. The van der Waals surface area contributed by atoms with Gasteiger partial charge in [-0.3, -0.25) is 0 Å². The van der Waals surface area contributed by atoms with Gasteiger partial charge in [-0.25, -0.2) is 8.78 Å². The lowest BCUT2D eigenvalue weighted by atomic mass is 9.79. The number of halogens is 2. The van der Waals surface area contributed by atoms with Crippen molar-refractivity contribution in [1.29, 1.82) is 0 Å². The van der Waals surface area contributed by atoms with Gasteiger partial charge in [0.1, 0.15) is 11.6 Å². The van der Waals surface area contributed by atoms with Gasteiger partial charge in [0.2, 0.25) is 0 Å². The van der Waals surface area contributed by atoms with Crippen molar-refractivity contribution in [3.05, 3.63) is 35.4 Å². The topological polar surface area (TPSA) is 12.0 Å². The first-order chi connectivity index (χ1) is 9.02. The van der Waals surface area contributed by atoms with E-state index in [1.807, 2.05) is 0 Å². The summed E-state index contributed by atoms with van der Waals surface area (Å²) in [6.45, 7) is 5.05. The average Bonchev–Trinajstić information content (AvgIpc) is 2.81. The smallest absolute Gasteiger partial charge is 0.129 e. The third-order valence-electron chi connectivity index (χ3n) is 4.16. The van der Waals surface area contributed by atoms with Crippen molar-refractivity contribution in [3.63, 3.8) is 0 Å². The Morgan fingerprint density at radius 1 is 1.16 bits per heavy atom. The van der Waals surface area contributed by atoms with Crippen LogP contribution in [0, 0.1) is 17.0 Å². The second-order valence-electron chi connectivity index (χ2n) is 6.12. The Balaban J connectivity index is 2.16. The van der Waals surface area contributed by atoms with Crippen molar-refractivity contribution in [2.75, 3.05) is 6.54 Å².